The number of nitrogens with two attached hydrogens (primary N) is 1. The molecule has 0 bridgehead atoms. The number of ether oxygens (including phenoxy) is 1. The third-order valence-electron chi connectivity index (χ3n) is 4.35. The summed E-state index contributed by atoms with van der Waals surface area (Å²) in [6.07, 6.45) is 0. The zero-order valence-electron chi connectivity index (χ0n) is 16.1. The zero-order chi connectivity index (χ0) is 21.1. The SMILES string of the molecule is Cc1cc(=O)oc2cc(OCc3nc(N)nc(NCc4ccc(F)cc4)n3)ccc12. The number of hydrogen-bond donors (Lipinski definition) is 2. The second-order valence-electron chi connectivity index (χ2n) is 6.61. The number of fused-ring (bicyclic) bond motifs is 1. The Morgan fingerprint density at radius 1 is 1.10 bits per heavy atom. The van der Waals surface area contributed by atoms with E-state index in [2.05, 4.69) is 20.3 Å². The van der Waals surface area contributed by atoms with Gasteiger partial charge in [-0.25, -0.2) is 9.18 Å². The molecule has 9 heteroatoms. The van der Waals surface area contributed by atoms with E-state index >= 15 is 0 Å². The Kier molecular flexibility index (Phi) is 5.25. The lowest BCUT2D eigenvalue weighted by atomic mass is 10.1. The van der Waals surface area contributed by atoms with Crippen molar-refractivity contribution in [2.45, 2.75) is 20.1 Å². The van der Waals surface area contributed by atoms with Gasteiger partial charge in [-0.05, 0) is 42.3 Å². The monoisotopic (exact) mass is 407 g/mol. The molecule has 0 amide bonds. The first-order chi connectivity index (χ1) is 14.5. The molecule has 0 unspecified atom stereocenters. The maximum atomic E-state index is 13.0. The van der Waals surface area contributed by atoms with Crippen LogP contribution in [0.4, 0.5) is 16.3 Å². The summed E-state index contributed by atoms with van der Waals surface area (Å²) in [6, 6.07) is 12.8. The van der Waals surface area contributed by atoms with Crippen molar-refractivity contribution >= 4 is 22.9 Å². The Morgan fingerprint density at radius 2 is 1.90 bits per heavy atom. The minimum Gasteiger partial charge on any atom is -0.485 e. The number of aromatic nitrogens is 3. The fraction of sp³-hybridized carbons (Fsp3) is 0.143. The summed E-state index contributed by atoms with van der Waals surface area (Å²) in [6.45, 7) is 2.28. The van der Waals surface area contributed by atoms with Crippen molar-refractivity contribution in [1.82, 2.24) is 15.0 Å². The largest absolute Gasteiger partial charge is 0.485 e. The van der Waals surface area contributed by atoms with Crippen LogP contribution in [0, 0.1) is 12.7 Å². The van der Waals surface area contributed by atoms with Crippen LogP contribution in [-0.4, -0.2) is 15.0 Å². The molecular formula is C21H18FN5O3. The molecule has 0 spiro atoms. The number of nitrogen functional groups attached to an aromatic ring is 1. The van der Waals surface area contributed by atoms with E-state index in [0.29, 0.717) is 23.7 Å². The molecule has 3 N–H and O–H groups in total. The van der Waals surface area contributed by atoms with Crippen LogP contribution in [0.2, 0.25) is 0 Å². The van der Waals surface area contributed by atoms with Crippen LogP contribution in [0.15, 0.2) is 57.7 Å². The number of hydrogen-bond acceptors (Lipinski definition) is 8. The molecule has 2 aromatic carbocycles. The number of aryl methyl sites for hydroxylation is 1. The minimum absolute atomic E-state index is 0.0412. The molecule has 4 rings (SSSR count). The second kappa shape index (κ2) is 8.16. The molecule has 30 heavy (non-hydrogen) atoms. The average Bonchev–Trinajstić information content (AvgIpc) is 2.71. The lowest BCUT2D eigenvalue weighted by molar-refractivity contribution is 0.295. The summed E-state index contributed by atoms with van der Waals surface area (Å²) < 4.78 is 24.0. The van der Waals surface area contributed by atoms with E-state index in [9.17, 15) is 9.18 Å². The van der Waals surface area contributed by atoms with Gasteiger partial charge in [0.05, 0.1) is 0 Å². The van der Waals surface area contributed by atoms with Crippen molar-refractivity contribution in [2.75, 3.05) is 11.1 Å². The quantitative estimate of drug-likeness (QED) is 0.468. The number of nitrogens with one attached hydrogen (secondary N) is 1. The normalized spacial score (nSPS) is 10.9. The van der Waals surface area contributed by atoms with E-state index in [1.165, 1.54) is 18.2 Å². The second-order valence-corrected chi connectivity index (χ2v) is 6.61. The van der Waals surface area contributed by atoms with Gasteiger partial charge in [-0.3, -0.25) is 0 Å². The van der Waals surface area contributed by atoms with Crippen LogP contribution in [-0.2, 0) is 13.2 Å². The predicted molar refractivity (Wildman–Crippen MR) is 110 cm³/mol. The molecule has 2 aromatic heterocycles. The maximum absolute atomic E-state index is 13.0. The van der Waals surface area contributed by atoms with Crippen molar-refractivity contribution in [3.63, 3.8) is 0 Å². The molecule has 0 fully saturated rings. The third kappa shape index (κ3) is 4.52. The van der Waals surface area contributed by atoms with E-state index in [1.54, 1.807) is 24.3 Å². The highest BCUT2D eigenvalue weighted by atomic mass is 19.1. The molecule has 0 aliphatic carbocycles. The number of nitrogens with zero attached hydrogens (tertiary/aromatic N) is 3. The summed E-state index contributed by atoms with van der Waals surface area (Å²) >= 11 is 0. The van der Waals surface area contributed by atoms with Gasteiger partial charge < -0.3 is 20.2 Å². The van der Waals surface area contributed by atoms with Gasteiger partial charge in [-0.1, -0.05) is 12.1 Å². The van der Waals surface area contributed by atoms with Gasteiger partial charge in [0.1, 0.15) is 23.8 Å². The third-order valence-corrected chi connectivity index (χ3v) is 4.35. The smallest absolute Gasteiger partial charge is 0.336 e. The van der Waals surface area contributed by atoms with E-state index < -0.39 is 5.63 Å². The van der Waals surface area contributed by atoms with Gasteiger partial charge in [0.25, 0.3) is 0 Å². The lowest BCUT2D eigenvalue weighted by Gasteiger charge is -2.09. The van der Waals surface area contributed by atoms with Crippen LogP contribution in [0.1, 0.15) is 17.0 Å². The molecule has 0 atom stereocenters. The van der Waals surface area contributed by atoms with Gasteiger partial charge in [-0.2, -0.15) is 15.0 Å². The molecule has 0 radical (unpaired) electrons. The van der Waals surface area contributed by atoms with Crippen LogP contribution >= 0.6 is 0 Å². The van der Waals surface area contributed by atoms with Crippen molar-refractivity contribution in [3.8, 4) is 5.75 Å². The van der Waals surface area contributed by atoms with Crippen molar-refractivity contribution < 1.29 is 13.5 Å². The van der Waals surface area contributed by atoms with Crippen molar-refractivity contribution in [3.05, 3.63) is 81.7 Å². The highest BCUT2D eigenvalue weighted by Gasteiger charge is 2.08. The lowest BCUT2D eigenvalue weighted by Crippen LogP contribution is -2.11. The summed E-state index contributed by atoms with van der Waals surface area (Å²) in [5.41, 5.74) is 7.48. The van der Waals surface area contributed by atoms with Gasteiger partial charge >= 0.3 is 5.63 Å². The molecule has 4 aromatic rings. The van der Waals surface area contributed by atoms with Crippen LogP contribution in [0.3, 0.4) is 0 Å². The molecule has 152 valence electrons. The van der Waals surface area contributed by atoms with Gasteiger partial charge in [0.15, 0.2) is 5.82 Å². The minimum atomic E-state index is -0.417. The number of anilines is 2. The topological polar surface area (TPSA) is 116 Å². The van der Waals surface area contributed by atoms with E-state index in [0.717, 1.165) is 16.5 Å². The first-order valence-corrected chi connectivity index (χ1v) is 9.12. The summed E-state index contributed by atoms with van der Waals surface area (Å²) in [5, 5.41) is 3.86. The molecule has 2 heterocycles. The predicted octanol–water partition coefficient (Wildman–Crippen LogP) is 3.20. The Balaban J connectivity index is 1.46. The Morgan fingerprint density at radius 3 is 2.70 bits per heavy atom. The van der Waals surface area contributed by atoms with Crippen molar-refractivity contribution in [2.24, 2.45) is 0 Å². The highest BCUT2D eigenvalue weighted by Crippen LogP contribution is 2.22. The molecule has 0 saturated heterocycles. The molecular weight excluding hydrogens is 389 g/mol. The van der Waals surface area contributed by atoms with Crippen LogP contribution < -0.4 is 21.4 Å². The van der Waals surface area contributed by atoms with Gasteiger partial charge in [0.2, 0.25) is 11.9 Å². The van der Waals surface area contributed by atoms with Crippen LogP contribution in [0.5, 0.6) is 5.75 Å². The Hall–Kier alpha value is -4.01. The van der Waals surface area contributed by atoms with Gasteiger partial charge in [0, 0.05) is 24.1 Å². The van der Waals surface area contributed by atoms with Crippen molar-refractivity contribution in [1.29, 1.82) is 0 Å². The van der Waals surface area contributed by atoms with Gasteiger partial charge in [-0.15, -0.1) is 0 Å². The average molecular weight is 407 g/mol. The Labute approximate surface area is 170 Å². The molecule has 8 nitrogen and oxygen atoms in total. The fourth-order valence-electron chi connectivity index (χ4n) is 2.91. The molecule has 0 aliphatic heterocycles. The maximum Gasteiger partial charge on any atom is 0.336 e. The number of halogens is 1. The summed E-state index contributed by atoms with van der Waals surface area (Å²) in [5.74, 6) is 0.854. The first kappa shape index (κ1) is 19.3. The molecule has 0 saturated carbocycles. The number of rotatable bonds is 6. The van der Waals surface area contributed by atoms with E-state index in [1.807, 2.05) is 13.0 Å². The summed E-state index contributed by atoms with van der Waals surface area (Å²) in [7, 11) is 0. The Bertz CT molecular complexity index is 1260. The van der Waals surface area contributed by atoms with Crippen LogP contribution in [0.25, 0.3) is 11.0 Å². The molecule has 0 aliphatic rings. The summed E-state index contributed by atoms with van der Waals surface area (Å²) in [4.78, 5) is 24.0. The first-order valence-electron chi connectivity index (χ1n) is 9.12. The number of benzene rings is 2. The highest BCUT2D eigenvalue weighted by molar-refractivity contribution is 5.81. The van der Waals surface area contributed by atoms with E-state index in [4.69, 9.17) is 14.9 Å². The standard InChI is InChI=1S/C21H18FN5O3/c1-12-8-19(28)30-17-9-15(6-7-16(12)17)29-11-18-25-20(23)27-21(26-18)24-10-13-2-4-14(22)5-3-13/h2-9H,10-11H2,1H3,(H3,23,24,25,26,27). The fourth-order valence-corrected chi connectivity index (χ4v) is 2.91. The van der Waals surface area contributed by atoms with E-state index in [-0.39, 0.29) is 24.3 Å². The zero-order valence-corrected chi connectivity index (χ0v) is 16.1.